The summed E-state index contributed by atoms with van der Waals surface area (Å²) in [6, 6.07) is 0.670. The van der Waals surface area contributed by atoms with Crippen LogP contribution in [-0.2, 0) is 6.54 Å². The molecule has 2 atom stereocenters. The van der Waals surface area contributed by atoms with E-state index in [1.165, 1.54) is 33.6 Å². The van der Waals surface area contributed by atoms with Crippen molar-refractivity contribution in [3.63, 3.8) is 0 Å². The van der Waals surface area contributed by atoms with E-state index in [0.717, 1.165) is 13.0 Å². The molecule has 108 valence electrons. The van der Waals surface area contributed by atoms with Crippen LogP contribution in [-0.4, -0.2) is 36.6 Å². The summed E-state index contributed by atoms with van der Waals surface area (Å²) in [6.45, 7) is 5.46. The minimum atomic E-state index is 0.555. The van der Waals surface area contributed by atoms with Crippen LogP contribution >= 0.6 is 23.1 Å². The first-order valence-corrected chi connectivity index (χ1v) is 9.09. The summed E-state index contributed by atoms with van der Waals surface area (Å²) in [4.78, 5) is 8.74. The second kappa shape index (κ2) is 6.95. The lowest BCUT2D eigenvalue weighted by Crippen LogP contribution is -2.31. The van der Waals surface area contributed by atoms with Crippen LogP contribution in [0.3, 0.4) is 0 Å². The number of hydrogen-bond donors (Lipinski definition) is 1. The summed E-state index contributed by atoms with van der Waals surface area (Å²) in [6.07, 6.45) is 2.45. The van der Waals surface area contributed by atoms with Gasteiger partial charge in [0.15, 0.2) is 5.13 Å². The molecular weight excluding hydrogens is 274 g/mol. The number of rotatable bonds is 6. The summed E-state index contributed by atoms with van der Waals surface area (Å²) in [7, 11) is 4.22. The molecular formula is C14H25N3S2. The molecule has 1 aromatic rings. The van der Waals surface area contributed by atoms with Crippen molar-refractivity contribution in [1.29, 1.82) is 0 Å². The van der Waals surface area contributed by atoms with Crippen LogP contribution in [0.2, 0.25) is 0 Å². The zero-order chi connectivity index (χ0) is 13.8. The van der Waals surface area contributed by atoms with Gasteiger partial charge in [0.2, 0.25) is 0 Å². The molecule has 1 aliphatic rings. The predicted octanol–water partition coefficient (Wildman–Crippen LogP) is 3.32. The van der Waals surface area contributed by atoms with Gasteiger partial charge in [-0.15, -0.1) is 11.3 Å². The van der Waals surface area contributed by atoms with E-state index in [-0.39, 0.29) is 0 Å². The fourth-order valence-electron chi connectivity index (χ4n) is 2.35. The van der Waals surface area contributed by atoms with Crippen molar-refractivity contribution in [1.82, 2.24) is 10.3 Å². The van der Waals surface area contributed by atoms with Gasteiger partial charge >= 0.3 is 0 Å². The Morgan fingerprint density at radius 3 is 2.89 bits per heavy atom. The summed E-state index contributed by atoms with van der Waals surface area (Å²) in [5.74, 6) is 3.10. The molecule has 2 rings (SSSR count). The Morgan fingerprint density at radius 1 is 1.53 bits per heavy atom. The zero-order valence-electron chi connectivity index (χ0n) is 12.4. The van der Waals surface area contributed by atoms with Crippen molar-refractivity contribution in [3.8, 4) is 0 Å². The van der Waals surface area contributed by atoms with E-state index in [4.69, 9.17) is 4.98 Å². The quantitative estimate of drug-likeness (QED) is 0.872. The van der Waals surface area contributed by atoms with Gasteiger partial charge in [0.05, 0.1) is 5.69 Å². The van der Waals surface area contributed by atoms with E-state index in [1.54, 1.807) is 0 Å². The highest BCUT2D eigenvalue weighted by atomic mass is 32.2. The van der Waals surface area contributed by atoms with E-state index >= 15 is 0 Å². The molecule has 3 nitrogen and oxygen atoms in total. The van der Waals surface area contributed by atoms with Crippen molar-refractivity contribution < 1.29 is 0 Å². The molecule has 0 bridgehead atoms. The fraction of sp³-hybridized carbons (Fsp3) is 0.786. The number of nitrogens with one attached hydrogen (secondary N) is 1. The monoisotopic (exact) mass is 299 g/mol. The van der Waals surface area contributed by atoms with Gasteiger partial charge in [0, 0.05) is 30.3 Å². The summed E-state index contributed by atoms with van der Waals surface area (Å²) >= 11 is 3.93. The SMILES string of the molecule is CCC(C)c1nc(N(C)C2CCSC2)sc1CNC. The summed E-state index contributed by atoms with van der Waals surface area (Å²) in [5.41, 5.74) is 1.30. The number of aromatic nitrogens is 1. The molecule has 5 heteroatoms. The normalized spacial score (nSPS) is 20.7. The third kappa shape index (κ3) is 3.44. The van der Waals surface area contributed by atoms with Gasteiger partial charge < -0.3 is 10.2 Å². The van der Waals surface area contributed by atoms with Gasteiger partial charge in [-0.2, -0.15) is 11.8 Å². The third-order valence-corrected chi connectivity index (χ3v) is 6.19. The highest BCUT2D eigenvalue weighted by Gasteiger charge is 2.24. The minimum absolute atomic E-state index is 0.555. The van der Waals surface area contributed by atoms with E-state index in [9.17, 15) is 0 Å². The zero-order valence-corrected chi connectivity index (χ0v) is 14.0. The molecule has 0 aliphatic carbocycles. The Bertz CT molecular complexity index is 399. The standard InChI is InChI=1S/C14H25N3S2/c1-5-10(2)13-12(8-15-3)19-14(16-13)17(4)11-6-7-18-9-11/h10-11,15H,5-9H2,1-4H3. The number of anilines is 1. The molecule has 0 amide bonds. The molecule has 1 N–H and O–H groups in total. The van der Waals surface area contributed by atoms with Gasteiger partial charge in [-0.3, -0.25) is 0 Å². The van der Waals surface area contributed by atoms with Crippen LogP contribution in [0.1, 0.15) is 43.2 Å². The highest BCUT2D eigenvalue weighted by molar-refractivity contribution is 7.99. The Balaban J connectivity index is 2.20. The fourth-order valence-corrected chi connectivity index (χ4v) is 4.84. The van der Waals surface area contributed by atoms with Crippen LogP contribution in [0.25, 0.3) is 0 Å². The van der Waals surface area contributed by atoms with Gasteiger partial charge in [-0.1, -0.05) is 13.8 Å². The Morgan fingerprint density at radius 2 is 2.32 bits per heavy atom. The van der Waals surface area contributed by atoms with Crippen molar-refractivity contribution in [2.45, 2.75) is 45.2 Å². The molecule has 1 aromatic heterocycles. The van der Waals surface area contributed by atoms with E-state index in [0.29, 0.717) is 12.0 Å². The van der Waals surface area contributed by atoms with Gasteiger partial charge in [-0.25, -0.2) is 4.98 Å². The van der Waals surface area contributed by atoms with E-state index < -0.39 is 0 Å². The van der Waals surface area contributed by atoms with Crippen LogP contribution in [0.4, 0.5) is 5.13 Å². The molecule has 1 aliphatic heterocycles. The number of nitrogens with zero attached hydrogens (tertiary/aromatic N) is 2. The number of hydrogen-bond acceptors (Lipinski definition) is 5. The number of thioether (sulfide) groups is 1. The first-order valence-electron chi connectivity index (χ1n) is 7.12. The van der Waals surface area contributed by atoms with Crippen LogP contribution in [0.5, 0.6) is 0 Å². The molecule has 1 saturated heterocycles. The maximum absolute atomic E-state index is 4.94. The van der Waals surface area contributed by atoms with Gasteiger partial charge in [0.1, 0.15) is 0 Å². The minimum Gasteiger partial charge on any atom is -0.347 e. The molecule has 0 spiro atoms. The molecule has 19 heavy (non-hydrogen) atoms. The van der Waals surface area contributed by atoms with Crippen molar-refractivity contribution in [2.75, 3.05) is 30.5 Å². The second-order valence-corrected chi connectivity index (χ2v) is 7.48. The third-order valence-electron chi connectivity index (χ3n) is 3.89. The van der Waals surface area contributed by atoms with Gasteiger partial charge in [-0.05, 0) is 31.6 Å². The number of thiazole rings is 1. The maximum atomic E-state index is 4.94. The van der Waals surface area contributed by atoms with Crippen molar-refractivity contribution in [2.24, 2.45) is 0 Å². The summed E-state index contributed by atoms with van der Waals surface area (Å²) < 4.78 is 0. The van der Waals surface area contributed by atoms with Crippen molar-refractivity contribution in [3.05, 3.63) is 10.6 Å². The summed E-state index contributed by atoms with van der Waals surface area (Å²) in [5, 5.41) is 4.47. The van der Waals surface area contributed by atoms with E-state index in [2.05, 4.69) is 42.9 Å². The average molecular weight is 300 g/mol. The Kier molecular flexibility index (Phi) is 5.54. The lowest BCUT2D eigenvalue weighted by atomic mass is 10.0. The maximum Gasteiger partial charge on any atom is 0.185 e. The van der Waals surface area contributed by atoms with Crippen LogP contribution in [0, 0.1) is 0 Å². The molecule has 0 radical (unpaired) electrons. The second-order valence-electron chi connectivity index (χ2n) is 5.27. The largest absolute Gasteiger partial charge is 0.347 e. The first kappa shape index (κ1) is 15.1. The first-order chi connectivity index (χ1) is 9.17. The van der Waals surface area contributed by atoms with E-state index in [1.807, 2.05) is 18.4 Å². The smallest absolute Gasteiger partial charge is 0.185 e. The molecule has 0 saturated carbocycles. The Labute approximate surface area is 125 Å². The lowest BCUT2D eigenvalue weighted by molar-refractivity contribution is 0.677. The van der Waals surface area contributed by atoms with Gasteiger partial charge in [0.25, 0.3) is 0 Å². The average Bonchev–Trinajstić information content (AvgIpc) is 3.07. The van der Waals surface area contributed by atoms with Crippen LogP contribution < -0.4 is 10.2 Å². The predicted molar refractivity (Wildman–Crippen MR) is 87.7 cm³/mol. The Hall–Kier alpha value is -0.260. The highest BCUT2D eigenvalue weighted by Crippen LogP contribution is 2.34. The lowest BCUT2D eigenvalue weighted by Gasteiger charge is -2.22. The molecule has 2 heterocycles. The van der Waals surface area contributed by atoms with Crippen LogP contribution in [0.15, 0.2) is 0 Å². The molecule has 0 aromatic carbocycles. The molecule has 2 unspecified atom stereocenters. The van der Waals surface area contributed by atoms with Crippen molar-refractivity contribution >= 4 is 28.2 Å². The topological polar surface area (TPSA) is 28.2 Å². The molecule has 1 fully saturated rings.